The van der Waals surface area contributed by atoms with Crippen LogP contribution >= 0.6 is 0 Å². The van der Waals surface area contributed by atoms with Gasteiger partial charge in [0.15, 0.2) is 0 Å². The molecule has 2 aromatic carbocycles. The molecule has 0 radical (unpaired) electrons. The molecule has 0 heterocycles. The van der Waals surface area contributed by atoms with E-state index in [2.05, 4.69) is 6.07 Å². The molecule has 0 spiro atoms. The molecule has 1 N–H and O–H groups in total. The lowest BCUT2D eigenvalue weighted by atomic mass is 9.77. The molecule has 4 heteroatoms. The monoisotopic (exact) mass is 433 g/mol. The maximum absolute atomic E-state index is 13.9. The average molecular weight is 434 g/mol. The van der Waals surface area contributed by atoms with Crippen molar-refractivity contribution < 1.29 is 14.7 Å². The Morgan fingerprint density at radius 3 is 1.62 bits per heavy atom. The highest BCUT2D eigenvalue weighted by atomic mass is 16.4. The molecule has 2 aromatic rings. The van der Waals surface area contributed by atoms with Gasteiger partial charge in [-0.05, 0) is 119 Å². The van der Waals surface area contributed by atoms with Crippen molar-refractivity contribution in [3.05, 3.63) is 57.6 Å². The van der Waals surface area contributed by atoms with Crippen LogP contribution in [0.25, 0.3) is 11.1 Å². The van der Waals surface area contributed by atoms with Gasteiger partial charge in [-0.1, -0.05) is 12.1 Å². The maximum atomic E-state index is 13.9. The standard InChI is InChI=1S/C28H35NO3/c1-17(2)29(18(3)4)27(30)23-15-13-19-9-5-7-11-21(19)25(23)26-22-12-8-6-10-20(22)14-16-24(26)28(31)32/h13-18H,5-12H2,1-4H3,(H,31,32). The van der Waals surface area contributed by atoms with Crippen molar-refractivity contribution in [1.82, 2.24) is 4.90 Å². The summed E-state index contributed by atoms with van der Waals surface area (Å²) < 4.78 is 0. The zero-order valence-corrected chi connectivity index (χ0v) is 19.8. The predicted octanol–water partition coefficient (Wildman–Crippen LogP) is 6.07. The minimum absolute atomic E-state index is 0.00289. The second-order valence-electron chi connectivity index (χ2n) is 9.87. The van der Waals surface area contributed by atoms with Crippen LogP contribution < -0.4 is 0 Å². The van der Waals surface area contributed by atoms with Crippen molar-refractivity contribution in [3.63, 3.8) is 0 Å². The summed E-state index contributed by atoms with van der Waals surface area (Å²) in [6.07, 6.45) is 8.16. The first-order valence-electron chi connectivity index (χ1n) is 12.2. The average Bonchev–Trinajstić information content (AvgIpc) is 2.77. The summed E-state index contributed by atoms with van der Waals surface area (Å²) in [7, 11) is 0. The minimum atomic E-state index is -0.912. The quantitative estimate of drug-likeness (QED) is 0.623. The third-order valence-electron chi connectivity index (χ3n) is 7.12. The maximum Gasteiger partial charge on any atom is 0.336 e. The molecule has 2 aliphatic carbocycles. The van der Waals surface area contributed by atoms with Crippen molar-refractivity contribution >= 4 is 11.9 Å². The molecule has 0 aromatic heterocycles. The predicted molar refractivity (Wildman–Crippen MR) is 129 cm³/mol. The minimum Gasteiger partial charge on any atom is -0.478 e. The molecule has 0 saturated heterocycles. The molecule has 4 nitrogen and oxygen atoms in total. The molecule has 0 unspecified atom stereocenters. The van der Waals surface area contributed by atoms with Gasteiger partial charge in [-0.15, -0.1) is 0 Å². The Morgan fingerprint density at radius 1 is 0.719 bits per heavy atom. The largest absolute Gasteiger partial charge is 0.478 e. The molecule has 1 amide bonds. The van der Waals surface area contributed by atoms with Crippen LogP contribution in [0.4, 0.5) is 0 Å². The summed E-state index contributed by atoms with van der Waals surface area (Å²) in [6.45, 7) is 8.18. The third-order valence-corrected chi connectivity index (χ3v) is 7.12. The number of amides is 1. The van der Waals surface area contributed by atoms with Crippen molar-refractivity contribution in [2.24, 2.45) is 0 Å². The van der Waals surface area contributed by atoms with E-state index in [-0.39, 0.29) is 18.0 Å². The number of aromatic carboxylic acids is 1. The first-order valence-corrected chi connectivity index (χ1v) is 12.2. The number of nitrogens with zero attached hydrogens (tertiary/aromatic N) is 1. The van der Waals surface area contributed by atoms with Crippen LogP contribution in [0, 0.1) is 0 Å². The number of carboxylic acid groups (broad SMARTS) is 1. The second-order valence-corrected chi connectivity index (χ2v) is 9.87. The van der Waals surface area contributed by atoms with E-state index < -0.39 is 5.97 Å². The van der Waals surface area contributed by atoms with Crippen molar-refractivity contribution in [1.29, 1.82) is 0 Å². The van der Waals surface area contributed by atoms with E-state index in [1.54, 1.807) is 6.07 Å². The summed E-state index contributed by atoms with van der Waals surface area (Å²) in [5.74, 6) is -0.909. The Kier molecular flexibility index (Phi) is 6.41. The Balaban J connectivity index is 2.05. The fraction of sp³-hybridized carbons (Fsp3) is 0.500. The van der Waals surface area contributed by atoms with Gasteiger partial charge in [0, 0.05) is 23.2 Å². The first kappa shape index (κ1) is 22.6. The number of rotatable bonds is 5. The number of carbonyl (C=O) groups is 2. The van der Waals surface area contributed by atoms with Crippen LogP contribution in [0.2, 0.25) is 0 Å². The summed E-state index contributed by atoms with van der Waals surface area (Å²) in [6, 6.07) is 7.96. The van der Waals surface area contributed by atoms with E-state index in [1.165, 1.54) is 16.7 Å². The SMILES string of the molecule is CC(C)N(C(=O)c1ccc2c(c1-c1c(C(=O)O)ccc3c1CCCC3)CCCC2)C(C)C. The summed E-state index contributed by atoms with van der Waals surface area (Å²) in [5.41, 5.74) is 7.55. The van der Waals surface area contributed by atoms with E-state index >= 15 is 0 Å². The molecule has 0 atom stereocenters. The smallest absolute Gasteiger partial charge is 0.336 e. The van der Waals surface area contributed by atoms with Gasteiger partial charge in [-0.2, -0.15) is 0 Å². The number of fused-ring (bicyclic) bond motifs is 2. The van der Waals surface area contributed by atoms with Gasteiger partial charge in [0.1, 0.15) is 0 Å². The van der Waals surface area contributed by atoms with Crippen LogP contribution in [0.1, 0.15) is 96.3 Å². The van der Waals surface area contributed by atoms with Crippen LogP contribution in [0.15, 0.2) is 24.3 Å². The first-order chi connectivity index (χ1) is 15.3. The van der Waals surface area contributed by atoms with Crippen molar-refractivity contribution in [3.8, 4) is 11.1 Å². The Morgan fingerprint density at radius 2 is 1.16 bits per heavy atom. The summed E-state index contributed by atoms with van der Waals surface area (Å²) in [4.78, 5) is 28.2. The van der Waals surface area contributed by atoms with Gasteiger partial charge in [0.05, 0.1) is 5.56 Å². The molecule has 170 valence electrons. The highest BCUT2D eigenvalue weighted by Gasteiger charge is 2.31. The van der Waals surface area contributed by atoms with Crippen molar-refractivity contribution in [2.75, 3.05) is 0 Å². The number of hydrogen-bond donors (Lipinski definition) is 1. The molecule has 0 saturated carbocycles. The molecule has 0 aliphatic heterocycles. The molecule has 2 aliphatic rings. The van der Waals surface area contributed by atoms with Crippen LogP contribution in [0.5, 0.6) is 0 Å². The number of carboxylic acids is 1. The fourth-order valence-corrected chi connectivity index (χ4v) is 5.79. The van der Waals surface area contributed by atoms with Gasteiger partial charge in [0.2, 0.25) is 0 Å². The van der Waals surface area contributed by atoms with Gasteiger partial charge < -0.3 is 10.0 Å². The number of benzene rings is 2. The van der Waals surface area contributed by atoms with E-state index in [4.69, 9.17) is 0 Å². The molecule has 0 fully saturated rings. The normalized spacial score (nSPS) is 15.4. The van der Waals surface area contributed by atoms with Crippen LogP contribution in [-0.2, 0) is 25.7 Å². The third kappa shape index (κ3) is 3.96. The van der Waals surface area contributed by atoms with E-state index in [0.29, 0.717) is 11.1 Å². The van der Waals surface area contributed by atoms with Gasteiger partial charge >= 0.3 is 5.97 Å². The Bertz CT molecular complexity index is 1040. The highest BCUT2D eigenvalue weighted by Crippen LogP contribution is 2.42. The van der Waals surface area contributed by atoms with Gasteiger partial charge in [-0.3, -0.25) is 4.79 Å². The van der Waals surface area contributed by atoms with Crippen LogP contribution in [-0.4, -0.2) is 34.0 Å². The highest BCUT2D eigenvalue weighted by molar-refractivity contribution is 6.06. The molecule has 4 rings (SSSR count). The summed E-state index contributed by atoms with van der Waals surface area (Å²) >= 11 is 0. The van der Waals surface area contributed by atoms with E-state index in [0.717, 1.165) is 68.1 Å². The Labute approximate surface area is 191 Å². The zero-order chi connectivity index (χ0) is 23.0. The second kappa shape index (κ2) is 9.09. The number of carbonyl (C=O) groups excluding carboxylic acids is 1. The van der Waals surface area contributed by atoms with Crippen molar-refractivity contribution in [2.45, 2.75) is 91.1 Å². The van der Waals surface area contributed by atoms with E-state index in [9.17, 15) is 14.7 Å². The Hall–Kier alpha value is -2.62. The lowest BCUT2D eigenvalue weighted by Crippen LogP contribution is -2.42. The zero-order valence-electron chi connectivity index (χ0n) is 19.8. The number of hydrogen-bond acceptors (Lipinski definition) is 2. The van der Waals surface area contributed by atoms with Gasteiger partial charge in [-0.25, -0.2) is 4.79 Å². The van der Waals surface area contributed by atoms with E-state index in [1.807, 2.05) is 44.7 Å². The lowest BCUT2D eigenvalue weighted by Gasteiger charge is -2.33. The van der Waals surface area contributed by atoms with Crippen LogP contribution in [0.3, 0.4) is 0 Å². The topological polar surface area (TPSA) is 57.6 Å². The summed E-state index contributed by atoms with van der Waals surface area (Å²) in [5, 5.41) is 10.2. The molecular formula is C28H35NO3. The molecular weight excluding hydrogens is 398 g/mol. The lowest BCUT2D eigenvalue weighted by molar-refractivity contribution is 0.0641. The molecule has 32 heavy (non-hydrogen) atoms. The fourth-order valence-electron chi connectivity index (χ4n) is 5.79. The number of aryl methyl sites for hydroxylation is 2. The van der Waals surface area contributed by atoms with Gasteiger partial charge in [0.25, 0.3) is 5.91 Å². The molecule has 0 bridgehead atoms.